The third-order valence-corrected chi connectivity index (χ3v) is 6.35. The average Bonchev–Trinajstić information content (AvgIpc) is 3.07. The highest BCUT2D eigenvalue weighted by Gasteiger charge is 2.32. The molecule has 0 unspecified atom stereocenters. The van der Waals surface area contributed by atoms with Gasteiger partial charge in [0.2, 0.25) is 0 Å². The standard InChI is InChI=1S/C24H28N2O2/c1-16-7-8-17(2)22(13-16)23(27)20-5-3-4-6-21(20)24(28)26-11-9-18-14-25-15-19(18)10-12-26/h3-8,13,18-19,25H,9-12,14-15H2,1-2H3/t18-,19+. The number of aryl methyl sites for hydroxylation is 2. The van der Waals surface area contributed by atoms with Gasteiger partial charge in [-0.2, -0.15) is 0 Å². The van der Waals surface area contributed by atoms with Crippen LogP contribution in [-0.4, -0.2) is 42.8 Å². The molecule has 0 aliphatic carbocycles. The van der Waals surface area contributed by atoms with Gasteiger partial charge in [-0.25, -0.2) is 0 Å². The molecule has 2 aliphatic heterocycles. The van der Waals surface area contributed by atoms with Crippen molar-refractivity contribution in [2.45, 2.75) is 26.7 Å². The monoisotopic (exact) mass is 376 g/mol. The second-order valence-electron chi connectivity index (χ2n) is 8.24. The normalized spacial score (nSPS) is 21.9. The van der Waals surface area contributed by atoms with Crippen LogP contribution in [0.15, 0.2) is 42.5 Å². The molecule has 28 heavy (non-hydrogen) atoms. The number of likely N-dealkylation sites (tertiary alicyclic amines) is 1. The highest BCUT2D eigenvalue weighted by atomic mass is 16.2. The number of nitrogens with one attached hydrogen (secondary N) is 1. The Morgan fingerprint density at radius 2 is 1.54 bits per heavy atom. The molecule has 2 heterocycles. The van der Waals surface area contributed by atoms with Gasteiger partial charge in [0, 0.05) is 24.2 Å². The number of carbonyl (C=O) groups is 2. The first-order chi connectivity index (χ1) is 13.5. The maximum absolute atomic E-state index is 13.3. The Morgan fingerprint density at radius 1 is 0.893 bits per heavy atom. The SMILES string of the molecule is Cc1ccc(C)c(C(=O)c2ccccc2C(=O)N2CC[C@@H]3CNC[C@@H]3CC2)c1. The van der Waals surface area contributed by atoms with Crippen LogP contribution in [0, 0.1) is 25.7 Å². The first-order valence-electron chi connectivity index (χ1n) is 10.3. The number of hydrogen-bond acceptors (Lipinski definition) is 3. The Bertz CT molecular complexity index is 891. The van der Waals surface area contributed by atoms with Crippen molar-refractivity contribution < 1.29 is 9.59 Å². The molecule has 4 heteroatoms. The van der Waals surface area contributed by atoms with E-state index in [-0.39, 0.29) is 11.7 Å². The summed E-state index contributed by atoms with van der Waals surface area (Å²) >= 11 is 0. The van der Waals surface area contributed by atoms with Crippen molar-refractivity contribution in [1.82, 2.24) is 10.2 Å². The van der Waals surface area contributed by atoms with Gasteiger partial charge in [-0.1, -0.05) is 35.9 Å². The van der Waals surface area contributed by atoms with Crippen LogP contribution in [0.3, 0.4) is 0 Å². The van der Waals surface area contributed by atoms with Crippen molar-refractivity contribution in [1.29, 1.82) is 0 Å². The lowest BCUT2D eigenvalue weighted by atomic mass is 9.92. The van der Waals surface area contributed by atoms with Crippen molar-refractivity contribution in [2.75, 3.05) is 26.2 Å². The number of amides is 1. The maximum atomic E-state index is 13.3. The largest absolute Gasteiger partial charge is 0.339 e. The van der Waals surface area contributed by atoms with Gasteiger partial charge in [-0.3, -0.25) is 9.59 Å². The molecule has 2 fully saturated rings. The van der Waals surface area contributed by atoms with E-state index in [9.17, 15) is 9.59 Å². The zero-order chi connectivity index (χ0) is 19.7. The van der Waals surface area contributed by atoms with Crippen molar-refractivity contribution in [3.05, 3.63) is 70.3 Å². The summed E-state index contributed by atoms with van der Waals surface area (Å²) < 4.78 is 0. The van der Waals surface area contributed by atoms with Crippen molar-refractivity contribution in [2.24, 2.45) is 11.8 Å². The lowest BCUT2D eigenvalue weighted by Crippen LogP contribution is -2.33. The highest BCUT2D eigenvalue weighted by Crippen LogP contribution is 2.28. The van der Waals surface area contributed by atoms with Gasteiger partial charge < -0.3 is 10.2 Å². The number of rotatable bonds is 3. The number of benzene rings is 2. The molecular formula is C24H28N2O2. The fraction of sp³-hybridized carbons (Fsp3) is 0.417. The van der Waals surface area contributed by atoms with Crippen molar-refractivity contribution in [3.8, 4) is 0 Å². The predicted octanol–water partition coefficient (Wildman–Crippen LogP) is 3.61. The highest BCUT2D eigenvalue weighted by molar-refractivity contribution is 6.15. The summed E-state index contributed by atoms with van der Waals surface area (Å²) in [6, 6.07) is 13.2. The second kappa shape index (κ2) is 7.88. The molecule has 2 aromatic carbocycles. The minimum atomic E-state index is -0.0685. The van der Waals surface area contributed by atoms with Crippen LogP contribution in [0.25, 0.3) is 0 Å². The second-order valence-corrected chi connectivity index (χ2v) is 8.24. The van der Waals surface area contributed by atoms with Gasteiger partial charge in [-0.05, 0) is 69.3 Å². The topological polar surface area (TPSA) is 49.4 Å². The molecule has 0 radical (unpaired) electrons. The fourth-order valence-corrected chi connectivity index (χ4v) is 4.58. The Morgan fingerprint density at radius 3 is 2.21 bits per heavy atom. The summed E-state index contributed by atoms with van der Waals surface area (Å²) in [5, 5.41) is 3.47. The van der Waals surface area contributed by atoms with Crippen molar-refractivity contribution in [3.63, 3.8) is 0 Å². The van der Waals surface area contributed by atoms with E-state index in [4.69, 9.17) is 0 Å². The number of carbonyl (C=O) groups excluding carboxylic acids is 2. The third kappa shape index (κ3) is 3.61. The van der Waals surface area contributed by atoms with Gasteiger partial charge in [0.15, 0.2) is 5.78 Å². The lowest BCUT2D eigenvalue weighted by molar-refractivity contribution is 0.0754. The van der Waals surface area contributed by atoms with Crippen LogP contribution >= 0.6 is 0 Å². The van der Waals surface area contributed by atoms with Crippen LogP contribution in [0.2, 0.25) is 0 Å². The van der Waals surface area contributed by atoms with Gasteiger partial charge in [0.05, 0.1) is 5.56 Å². The Kier molecular flexibility index (Phi) is 5.31. The van der Waals surface area contributed by atoms with Crippen LogP contribution in [0.1, 0.15) is 50.2 Å². The number of nitrogens with zero attached hydrogens (tertiary/aromatic N) is 1. The molecule has 2 atom stereocenters. The fourth-order valence-electron chi connectivity index (χ4n) is 4.58. The summed E-state index contributed by atoms with van der Waals surface area (Å²) in [7, 11) is 0. The molecule has 146 valence electrons. The predicted molar refractivity (Wildman–Crippen MR) is 111 cm³/mol. The molecule has 0 bridgehead atoms. The van der Waals surface area contributed by atoms with E-state index in [1.807, 2.05) is 49.1 Å². The van der Waals surface area contributed by atoms with E-state index < -0.39 is 0 Å². The Hall–Kier alpha value is -2.46. The van der Waals surface area contributed by atoms with Gasteiger partial charge in [0.1, 0.15) is 0 Å². The van der Waals surface area contributed by atoms with E-state index in [2.05, 4.69) is 5.32 Å². The maximum Gasteiger partial charge on any atom is 0.254 e. The van der Waals surface area contributed by atoms with Crippen LogP contribution in [0.5, 0.6) is 0 Å². The molecule has 2 saturated heterocycles. The first-order valence-corrected chi connectivity index (χ1v) is 10.3. The quantitative estimate of drug-likeness (QED) is 0.833. The summed E-state index contributed by atoms with van der Waals surface area (Å²) in [6.07, 6.45) is 2.08. The molecule has 0 saturated carbocycles. The smallest absolute Gasteiger partial charge is 0.254 e. The van der Waals surface area contributed by atoms with Crippen molar-refractivity contribution >= 4 is 11.7 Å². The number of ketones is 1. The molecule has 1 N–H and O–H groups in total. The van der Waals surface area contributed by atoms with Gasteiger partial charge in [0.25, 0.3) is 5.91 Å². The Labute approximate surface area is 166 Å². The first kappa shape index (κ1) is 18.9. The van der Waals surface area contributed by atoms with E-state index in [1.165, 1.54) is 0 Å². The summed E-state index contributed by atoms with van der Waals surface area (Å²) in [5.41, 5.74) is 3.70. The van der Waals surface area contributed by atoms with E-state index in [0.29, 0.717) is 28.5 Å². The zero-order valence-electron chi connectivity index (χ0n) is 16.7. The van der Waals surface area contributed by atoms with Gasteiger partial charge in [-0.15, -0.1) is 0 Å². The lowest BCUT2D eigenvalue weighted by Gasteiger charge is -2.22. The number of fused-ring (bicyclic) bond motifs is 1. The Balaban J connectivity index is 1.61. The molecule has 4 nitrogen and oxygen atoms in total. The van der Waals surface area contributed by atoms with E-state index in [0.717, 1.165) is 50.1 Å². The van der Waals surface area contributed by atoms with Crippen LogP contribution < -0.4 is 5.32 Å². The van der Waals surface area contributed by atoms with Crippen LogP contribution in [-0.2, 0) is 0 Å². The molecule has 0 aromatic heterocycles. The van der Waals surface area contributed by atoms with E-state index >= 15 is 0 Å². The average molecular weight is 377 g/mol. The van der Waals surface area contributed by atoms with Crippen LogP contribution in [0.4, 0.5) is 0 Å². The molecule has 2 aliphatic rings. The molecule has 1 amide bonds. The van der Waals surface area contributed by atoms with Gasteiger partial charge >= 0.3 is 0 Å². The van der Waals surface area contributed by atoms with E-state index in [1.54, 1.807) is 12.1 Å². The third-order valence-electron chi connectivity index (χ3n) is 6.35. The number of hydrogen-bond donors (Lipinski definition) is 1. The minimum absolute atomic E-state index is 0.0119. The minimum Gasteiger partial charge on any atom is -0.339 e. The zero-order valence-corrected chi connectivity index (χ0v) is 16.7. The molecule has 4 rings (SSSR count). The summed E-state index contributed by atoms with van der Waals surface area (Å²) in [5.74, 6) is 1.26. The molecular weight excluding hydrogens is 348 g/mol. The molecule has 0 spiro atoms. The molecule has 2 aromatic rings. The summed E-state index contributed by atoms with van der Waals surface area (Å²) in [4.78, 5) is 28.6. The summed E-state index contributed by atoms with van der Waals surface area (Å²) in [6.45, 7) is 7.60.